The highest BCUT2D eigenvalue weighted by Crippen LogP contribution is 2.27. The van der Waals surface area contributed by atoms with E-state index in [1.807, 2.05) is 6.07 Å². The molecule has 2 rings (SSSR count). The van der Waals surface area contributed by atoms with Gasteiger partial charge in [-0.05, 0) is 45.0 Å². The first kappa shape index (κ1) is 15.2. The Balaban J connectivity index is 1.85. The predicted molar refractivity (Wildman–Crippen MR) is 85.5 cm³/mol. The Bertz CT molecular complexity index is 406. The van der Waals surface area contributed by atoms with Crippen LogP contribution in [0, 0.1) is 5.92 Å². The zero-order chi connectivity index (χ0) is 14.4. The van der Waals surface area contributed by atoms with Crippen molar-refractivity contribution < 1.29 is 4.74 Å². The van der Waals surface area contributed by atoms with E-state index < -0.39 is 0 Å². The topological polar surface area (TPSA) is 24.5 Å². The first-order chi connectivity index (χ1) is 9.63. The molecule has 112 valence electrons. The van der Waals surface area contributed by atoms with Crippen molar-refractivity contribution in [2.24, 2.45) is 5.92 Å². The number of hydrogen-bond acceptors (Lipinski definition) is 3. The lowest BCUT2D eigenvalue weighted by atomic mass is 9.87. The summed E-state index contributed by atoms with van der Waals surface area (Å²) in [6.45, 7) is 4.03. The molecule has 1 fully saturated rings. The molecule has 0 heterocycles. The highest BCUT2D eigenvalue weighted by molar-refractivity contribution is 5.48. The van der Waals surface area contributed by atoms with Gasteiger partial charge in [0.25, 0.3) is 0 Å². The number of likely N-dealkylation sites (N-methyl/N-ethyl adjacent to an activating group) is 1. The smallest absolute Gasteiger partial charge is 0.121 e. The second kappa shape index (κ2) is 7.53. The van der Waals surface area contributed by atoms with Crippen molar-refractivity contribution in [2.45, 2.75) is 38.6 Å². The molecule has 1 aromatic rings. The van der Waals surface area contributed by atoms with Crippen molar-refractivity contribution in [3.63, 3.8) is 0 Å². The van der Waals surface area contributed by atoms with Crippen LogP contribution < -0.4 is 10.1 Å². The van der Waals surface area contributed by atoms with Crippen molar-refractivity contribution in [1.29, 1.82) is 0 Å². The van der Waals surface area contributed by atoms with Gasteiger partial charge in [-0.2, -0.15) is 0 Å². The SMILES string of the molecule is CC1CCCC(Nc2cccc(OCCN(C)C)c2)C1. The predicted octanol–water partition coefficient (Wildman–Crippen LogP) is 3.62. The normalized spacial score (nSPS) is 22.8. The largest absolute Gasteiger partial charge is 0.492 e. The zero-order valence-electron chi connectivity index (χ0n) is 13.1. The van der Waals surface area contributed by atoms with Crippen molar-refractivity contribution in [2.75, 3.05) is 32.6 Å². The van der Waals surface area contributed by atoms with E-state index in [0.717, 1.165) is 24.8 Å². The number of anilines is 1. The summed E-state index contributed by atoms with van der Waals surface area (Å²) >= 11 is 0. The lowest BCUT2D eigenvalue weighted by Gasteiger charge is -2.28. The van der Waals surface area contributed by atoms with Crippen molar-refractivity contribution in [1.82, 2.24) is 4.90 Å². The summed E-state index contributed by atoms with van der Waals surface area (Å²) in [5.41, 5.74) is 1.19. The first-order valence-corrected chi connectivity index (χ1v) is 7.77. The van der Waals surface area contributed by atoms with Crippen molar-refractivity contribution in [3.8, 4) is 5.75 Å². The number of nitrogens with one attached hydrogen (secondary N) is 1. The Morgan fingerprint density at radius 3 is 2.90 bits per heavy atom. The minimum absolute atomic E-state index is 0.621. The summed E-state index contributed by atoms with van der Waals surface area (Å²) in [5, 5.41) is 3.66. The maximum absolute atomic E-state index is 5.79. The van der Waals surface area contributed by atoms with E-state index in [-0.39, 0.29) is 0 Å². The second-order valence-corrected chi connectivity index (χ2v) is 6.29. The van der Waals surface area contributed by atoms with E-state index in [9.17, 15) is 0 Å². The molecule has 1 saturated carbocycles. The first-order valence-electron chi connectivity index (χ1n) is 7.77. The van der Waals surface area contributed by atoms with E-state index in [4.69, 9.17) is 4.74 Å². The summed E-state index contributed by atoms with van der Waals surface area (Å²) < 4.78 is 5.79. The molecule has 3 heteroatoms. The quantitative estimate of drug-likeness (QED) is 0.859. The molecular formula is C17H28N2O. The summed E-state index contributed by atoms with van der Waals surface area (Å²) in [7, 11) is 4.12. The van der Waals surface area contributed by atoms with E-state index in [0.29, 0.717) is 6.04 Å². The molecule has 2 unspecified atom stereocenters. The van der Waals surface area contributed by atoms with E-state index in [2.05, 4.69) is 49.4 Å². The number of rotatable bonds is 6. The monoisotopic (exact) mass is 276 g/mol. The fourth-order valence-corrected chi connectivity index (χ4v) is 2.82. The number of benzene rings is 1. The Labute approximate surface area is 123 Å². The summed E-state index contributed by atoms with van der Waals surface area (Å²) in [6, 6.07) is 8.98. The Hall–Kier alpha value is -1.22. The summed E-state index contributed by atoms with van der Waals surface area (Å²) in [6.07, 6.45) is 5.30. The van der Waals surface area contributed by atoms with Gasteiger partial charge >= 0.3 is 0 Å². The molecule has 0 aromatic heterocycles. The molecule has 0 spiro atoms. The lowest BCUT2D eigenvalue weighted by Crippen LogP contribution is -2.26. The molecular weight excluding hydrogens is 248 g/mol. The second-order valence-electron chi connectivity index (χ2n) is 6.29. The average molecular weight is 276 g/mol. The molecule has 1 N–H and O–H groups in total. The van der Waals surface area contributed by atoms with Crippen LogP contribution in [0.25, 0.3) is 0 Å². The molecule has 0 radical (unpaired) electrons. The molecule has 1 aliphatic rings. The molecule has 3 nitrogen and oxygen atoms in total. The zero-order valence-corrected chi connectivity index (χ0v) is 13.1. The fourth-order valence-electron chi connectivity index (χ4n) is 2.82. The molecule has 0 aliphatic heterocycles. The van der Waals surface area contributed by atoms with Crippen LogP contribution in [0.3, 0.4) is 0 Å². The molecule has 1 aromatic carbocycles. The van der Waals surface area contributed by atoms with Gasteiger partial charge in [-0.25, -0.2) is 0 Å². The number of nitrogens with zero attached hydrogens (tertiary/aromatic N) is 1. The third-order valence-electron chi connectivity index (χ3n) is 3.95. The molecule has 2 atom stereocenters. The standard InChI is InChI=1S/C17H28N2O/c1-14-6-4-7-15(12-14)18-16-8-5-9-17(13-16)20-11-10-19(2)3/h5,8-9,13-15,18H,4,6-7,10-12H2,1-3H3. The average Bonchev–Trinajstić information content (AvgIpc) is 2.39. The van der Waals surface area contributed by atoms with Crippen LogP contribution >= 0.6 is 0 Å². The van der Waals surface area contributed by atoms with Gasteiger partial charge in [0.05, 0.1) is 0 Å². The van der Waals surface area contributed by atoms with Crippen LogP contribution in [0.1, 0.15) is 32.6 Å². The summed E-state index contributed by atoms with van der Waals surface area (Å²) in [5.74, 6) is 1.81. The Morgan fingerprint density at radius 2 is 2.15 bits per heavy atom. The van der Waals surface area contributed by atoms with Crippen LogP contribution in [0.5, 0.6) is 5.75 Å². The van der Waals surface area contributed by atoms with Gasteiger partial charge < -0.3 is 15.0 Å². The van der Waals surface area contributed by atoms with E-state index in [1.165, 1.54) is 31.4 Å². The Kier molecular flexibility index (Phi) is 5.72. The van der Waals surface area contributed by atoms with E-state index >= 15 is 0 Å². The van der Waals surface area contributed by atoms with Crippen molar-refractivity contribution >= 4 is 5.69 Å². The molecule has 20 heavy (non-hydrogen) atoms. The number of hydrogen-bond donors (Lipinski definition) is 1. The summed E-state index contributed by atoms with van der Waals surface area (Å²) in [4.78, 5) is 2.13. The third kappa shape index (κ3) is 5.04. The van der Waals surface area contributed by atoms with Crippen LogP contribution in [-0.2, 0) is 0 Å². The van der Waals surface area contributed by atoms with Gasteiger partial charge in [-0.15, -0.1) is 0 Å². The molecule has 0 amide bonds. The lowest BCUT2D eigenvalue weighted by molar-refractivity contribution is 0.261. The molecule has 0 saturated heterocycles. The fraction of sp³-hybridized carbons (Fsp3) is 0.647. The van der Waals surface area contributed by atoms with Crippen LogP contribution in [0.15, 0.2) is 24.3 Å². The van der Waals surface area contributed by atoms with Gasteiger partial charge in [-0.3, -0.25) is 0 Å². The van der Waals surface area contributed by atoms with Gasteiger partial charge in [0.1, 0.15) is 12.4 Å². The highest BCUT2D eigenvalue weighted by Gasteiger charge is 2.18. The van der Waals surface area contributed by atoms with Crippen LogP contribution in [-0.4, -0.2) is 38.2 Å². The third-order valence-corrected chi connectivity index (χ3v) is 3.95. The minimum atomic E-state index is 0.621. The highest BCUT2D eigenvalue weighted by atomic mass is 16.5. The maximum Gasteiger partial charge on any atom is 0.121 e. The van der Waals surface area contributed by atoms with Gasteiger partial charge in [0.2, 0.25) is 0 Å². The Morgan fingerprint density at radius 1 is 1.30 bits per heavy atom. The minimum Gasteiger partial charge on any atom is -0.492 e. The van der Waals surface area contributed by atoms with Crippen molar-refractivity contribution in [3.05, 3.63) is 24.3 Å². The van der Waals surface area contributed by atoms with Gasteiger partial charge in [0.15, 0.2) is 0 Å². The van der Waals surface area contributed by atoms with Gasteiger partial charge in [-0.1, -0.05) is 25.8 Å². The maximum atomic E-state index is 5.79. The van der Waals surface area contributed by atoms with E-state index in [1.54, 1.807) is 0 Å². The number of ether oxygens (including phenoxy) is 1. The molecule has 1 aliphatic carbocycles. The molecule has 0 bridgehead atoms. The van der Waals surface area contributed by atoms with Crippen LogP contribution in [0.4, 0.5) is 5.69 Å². The van der Waals surface area contributed by atoms with Gasteiger partial charge in [0, 0.05) is 24.3 Å². The van der Waals surface area contributed by atoms with Crippen LogP contribution in [0.2, 0.25) is 0 Å².